The molecule has 0 radical (unpaired) electrons. The zero-order valence-electron chi connectivity index (χ0n) is 10.9. The first-order valence-corrected chi connectivity index (χ1v) is 6.98. The maximum atomic E-state index is 6.17. The van der Waals surface area contributed by atoms with E-state index in [9.17, 15) is 0 Å². The molecule has 1 aliphatic carbocycles. The maximum Gasteiger partial charge on any atom is 0.119 e. The van der Waals surface area contributed by atoms with Crippen molar-refractivity contribution in [2.75, 3.05) is 0 Å². The number of pyridine rings is 1. The van der Waals surface area contributed by atoms with Gasteiger partial charge in [-0.2, -0.15) is 0 Å². The molecule has 1 fully saturated rings. The highest BCUT2D eigenvalue weighted by molar-refractivity contribution is 6.31. The van der Waals surface area contributed by atoms with Crippen molar-refractivity contribution in [3.05, 3.63) is 58.9 Å². The molecule has 0 amide bonds. The summed E-state index contributed by atoms with van der Waals surface area (Å²) in [7, 11) is 0. The van der Waals surface area contributed by atoms with Gasteiger partial charge in [-0.3, -0.25) is 10.8 Å². The van der Waals surface area contributed by atoms with Gasteiger partial charge >= 0.3 is 0 Å². The molecule has 2 aromatic rings. The van der Waals surface area contributed by atoms with Crippen LogP contribution in [0.3, 0.4) is 0 Å². The number of benzene rings is 1. The van der Waals surface area contributed by atoms with Crippen LogP contribution in [0.2, 0.25) is 5.02 Å². The van der Waals surface area contributed by atoms with Crippen molar-refractivity contribution in [2.24, 2.45) is 5.84 Å². The average molecular weight is 290 g/mol. The third-order valence-electron chi connectivity index (χ3n) is 3.32. The van der Waals surface area contributed by atoms with E-state index in [1.54, 1.807) is 12.4 Å². The standard InChI is InChI=1S/C15H16ClN3O/c16-14-9-18-8-7-13(14)15(19-17)10-1-3-11(4-2-10)20-12-5-6-12/h1-4,7-9,12,15,19H,5-6,17H2. The molecule has 104 valence electrons. The van der Waals surface area contributed by atoms with Crippen LogP contribution in [0.1, 0.15) is 30.0 Å². The second kappa shape index (κ2) is 5.79. The number of aromatic nitrogens is 1. The Morgan fingerprint density at radius 1 is 1.25 bits per heavy atom. The monoisotopic (exact) mass is 289 g/mol. The highest BCUT2D eigenvalue weighted by atomic mass is 35.5. The highest BCUT2D eigenvalue weighted by Gasteiger charge is 2.23. The van der Waals surface area contributed by atoms with Gasteiger partial charge in [0, 0.05) is 12.4 Å². The summed E-state index contributed by atoms with van der Waals surface area (Å²) >= 11 is 6.17. The van der Waals surface area contributed by atoms with E-state index in [0.717, 1.165) is 29.7 Å². The molecule has 1 aliphatic rings. The van der Waals surface area contributed by atoms with Crippen LogP contribution in [-0.4, -0.2) is 11.1 Å². The van der Waals surface area contributed by atoms with Gasteiger partial charge in [-0.15, -0.1) is 0 Å². The van der Waals surface area contributed by atoms with Gasteiger partial charge in [0.1, 0.15) is 5.75 Å². The fraction of sp³-hybridized carbons (Fsp3) is 0.267. The van der Waals surface area contributed by atoms with Gasteiger partial charge in [-0.05, 0) is 42.2 Å². The van der Waals surface area contributed by atoms with Gasteiger partial charge in [0.15, 0.2) is 0 Å². The normalized spacial score (nSPS) is 15.9. The molecule has 1 aromatic carbocycles. The van der Waals surface area contributed by atoms with E-state index in [4.69, 9.17) is 22.2 Å². The summed E-state index contributed by atoms with van der Waals surface area (Å²) in [5.74, 6) is 6.57. The van der Waals surface area contributed by atoms with Gasteiger partial charge < -0.3 is 4.74 Å². The molecule has 20 heavy (non-hydrogen) atoms. The van der Waals surface area contributed by atoms with E-state index in [2.05, 4.69) is 10.4 Å². The Bertz CT molecular complexity index is 584. The molecule has 0 spiro atoms. The van der Waals surface area contributed by atoms with Crippen LogP contribution in [-0.2, 0) is 0 Å². The smallest absolute Gasteiger partial charge is 0.119 e. The predicted octanol–water partition coefficient (Wildman–Crippen LogP) is 2.83. The predicted molar refractivity (Wildman–Crippen MR) is 78.5 cm³/mol. The number of ether oxygens (including phenoxy) is 1. The highest BCUT2D eigenvalue weighted by Crippen LogP contribution is 2.30. The molecule has 1 heterocycles. The summed E-state index contributed by atoms with van der Waals surface area (Å²) in [6.45, 7) is 0. The van der Waals surface area contributed by atoms with Crippen LogP contribution in [0.15, 0.2) is 42.7 Å². The van der Waals surface area contributed by atoms with Gasteiger partial charge in [0.2, 0.25) is 0 Å². The largest absolute Gasteiger partial charge is 0.490 e. The van der Waals surface area contributed by atoms with E-state index in [-0.39, 0.29) is 6.04 Å². The summed E-state index contributed by atoms with van der Waals surface area (Å²) < 4.78 is 5.74. The van der Waals surface area contributed by atoms with Crippen LogP contribution >= 0.6 is 11.6 Å². The maximum absolute atomic E-state index is 6.17. The molecular formula is C15H16ClN3O. The van der Waals surface area contributed by atoms with Crippen molar-refractivity contribution >= 4 is 11.6 Å². The summed E-state index contributed by atoms with van der Waals surface area (Å²) in [6, 6.07) is 9.63. The molecule has 0 saturated heterocycles. The van der Waals surface area contributed by atoms with Crippen molar-refractivity contribution in [1.82, 2.24) is 10.4 Å². The van der Waals surface area contributed by atoms with Gasteiger partial charge in [0.05, 0.1) is 17.2 Å². The number of hydrazine groups is 1. The van der Waals surface area contributed by atoms with Gasteiger partial charge in [0.25, 0.3) is 0 Å². The van der Waals surface area contributed by atoms with E-state index in [0.29, 0.717) is 11.1 Å². The molecular weight excluding hydrogens is 274 g/mol. The number of hydrogen-bond acceptors (Lipinski definition) is 4. The Kier molecular flexibility index (Phi) is 3.87. The third-order valence-corrected chi connectivity index (χ3v) is 3.64. The van der Waals surface area contributed by atoms with E-state index in [1.807, 2.05) is 30.3 Å². The Morgan fingerprint density at radius 3 is 2.60 bits per heavy atom. The minimum Gasteiger partial charge on any atom is -0.490 e. The van der Waals surface area contributed by atoms with Crippen LogP contribution in [0.5, 0.6) is 5.75 Å². The minimum absolute atomic E-state index is 0.166. The summed E-state index contributed by atoms with van der Waals surface area (Å²) in [4.78, 5) is 3.99. The Balaban J connectivity index is 1.83. The first-order chi connectivity index (χ1) is 9.78. The lowest BCUT2D eigenvalue weighted by Crippen LogP contribution is -2.29. The Labute approximate surface area is 122 Å². The lowest BCUT2D eigenvalue weighted by molar-refractivity contribution is 0.303. The second-order valence-electron chi connectivity index (χ2n) is 4.88. The van der Waals surface area contributed by atoms with Gasteiger partial charge in [-0.25, -0.2) is 5.43 Å². The molecule has 3 rings (SSSR count). The molecule has 1 aromatic heterocycles. The quantitative estimate of drug-likeness (QED) is 0.656. The number of nitrogens with two attached hydrogens (primary N) is 1. The summed E-state index contributed by atoms with van der Waals surface area (Å²) in [6.07, 6.45) is 6.03. The molecule has 0 bridgehead atoms. The number of nitrogens with zero attached hydrogens (tertiary/aromatic N) is 1. The Morgan fingerprint density at radius 2 is 2.00 bits per heavy atom. The van der Waals surface area contributed by atoms with Crippen LogP contribution in [0, 0.1) is 0 Å². The number of hydrogen-bond donors (Lipinski definition) is 2. The summed E-state index contributed by atoms with van der Waals surface area (Å²) in [5.41, 5.74) is 4.73. The van der Waals surface area contributed by atoms with E-state index >= 15 is 0 Å². The zero-order valence-corrected chi connectivity index (χ0v) is 11.7. The summed E-state index contributed by atoms with van der Waals surface area (Å²) in [5, 5.41) is 0.591. The lowest BCUT2D eigenvalue weighted by Gasteiger charge is -2.18. The SMILES string of the molecule is NNC(c1ccc(OC2CC2)cc1)c1ccncc1Cl. The van der Waals surface area contributed by atoms with Crippen molar-refractivity contribution in [1.29, 1.82) is 0 Å². The molecule has 1 unspecified atom stereocenters. The number of halogens is 1. The van der Waals surface area contributed by atoms with Crippen molar-refractivity contribution < 1.29 is 4.74 Å². The third kappa shape index (κ3) is 2.93. The first-order valence-electron chi connectivity index (χ1n) is 6.60. The minimum atomic E-state index is -0.166. The molecule has 1 saturated carbocycles. The van der Waals surface area contributed by atoms with Crippen LogP contribution in [0.4, 0.5) is 0 Å². The van der Waals surface area contributed by atoms with Crippen LogP contribution in [0.25, 0.3) is 0 Å². The second-order valence-corrected chi connectivity index (χ2v) is 5.29. The van der Waals surface area contributed by atoms with Crippen molar-refractivity contribution in [2.45, 2.75) is 25.0 Å². The van der Waals surface area contributed by atoms with E-state index in [1.165, 1.54) is 0 Å². The van der Waals surface area contributed by atoms with E-state index < -0.39 is 0 Å². The molecule has 5 heteroatoms. The van der Waals surface area contributed by atoms with Gasteiger partial charge in [-0.1, -0.05) is 23.7 Å². The zero-order chi connectivity index (χ0) is 13.9. The average Bonchev–Trinajstić information content (AvgIpc) is 3.27. The fourth-order valence-electron chi connectivity index (χ4n) is 2.10. The Hall–Kier alpha value is -1.62. The van der Waals surface area contributed by atoms with Crippen LogP contribution < -0.4 is 16.0 Å². The molecule has 0 aliphatic heterocycles. The number of nitrogens with one attached hydrogen (secondary N) is 1. The van der Waals surface area contributed by atoms with Crippen molar-refractivity contribution in [3.8, 4) is 5.75 Å². The fourth-order valence-corrected chi connectivity index (χ4v) is 2.33. The first kappa shape index (κ1) is 13.4. The van der Waals surface area contributed by atoms with Crippen molar-refractivity contribution in [3.63, 3.8) is 0 Å². The molecule has 4 nitrogen and oxygen atoms in total. The molecule has 3 N–H and O–H groups in total. The topological polar surface area (TPSA) is 60.2 Å². The molecule has 1 atom stereocenters. The number of rotatable bonds is 5. The lowest BCUT2D eigenvalue weighted by atomic mass is 10.0.